The zero-order chi connectivity index (χ0) is 13.2. The number of rotatable bonds is 3. The molecule has 0 aliphatic carbocycles. The molecule has 0 saturated carbocycles. The molecule has 0 saturated heterocycles. The number of nitrogens with zero attached hydrogens (tertiary/aromatic N) is 3. The Balaban J connectivity index is 2.01. The molecule has 5 heteroatoms. The molecule has 0 bridgehead atoms. The van der Waals surface area contributed by atoms with Gasteiger partial charge in [0.15, 0.2) is 5.52 Å². The molecule has 0 aromatic carbocycles. The number of hydrogen-bond donors (Lipinski definition) is 0. The lowest BCUT2D eigenvalue weighted by Crippen LogP contribution is -2.25. The molecule has 1 atom stereocenters. The zero-order valence-corrected chi connectivity index (χ0v) is 11.3. The van der Waals surface area contributed by atoms with Crippen LogP contribution in [0.1, 0.15) is 18.5 Å². The van der Waals surface area contributed by atoms with Crippen molar-refractivity contribution in [2.24, 2.45) is 0 Å². The first-order valence-electron chi connectivity index (χ1n) is 6.08. The summed E-state index contributed by atoms with van der Waals surface area (Å²) in [5, 5.41) is 4.15. The van der Waals surface area contributed by atoms with Gasteiger partial charge in [0.1, 0.15) is 0 Å². The maximum atomic E-state index is 12.4. The highest BCUT2D eigenvalue weighted by Gasteiger charge is 2.11. The summed E-state index contributed by atoms with van der Waals surface area (Å²) in [5.41, 5.74) is 2.24. The van der Waals surface area contributed by atoms with Crippen LogP contribution >= 0.6 is 11.3 Å². The first-order valence-corrected chi connectivity index (χ1v) is 7.03. The molecule has 3 heterocycles. The van der Waals surface area contributed by atoms with E-state index >= 15 is 0 Å². The van der Waals surface area contributed by atoms with Crippen molar-refractivity contribution in [1.82, 2.24) is 14.5 Å². The molecule has 0 spiro atoms. The van der Waals surface area contributed by atoms with Gasteiger partial charge in [-0.05, 0) is 47.9 Å². The normalized spacial score (nSPS) is 12.7. The highest BCUT2D eigenvalue weighted by Crippen LogP contribution is 2.15. The minimum absolute atomic E-state index is 0.0704. The minimum atomic E-state index is -0.0756. The van der Waals surface area contributed by atoms with Gasteiger partial charge in [-0.3, -0.25) is 9.36 Å². The lowest BCUT2D eigenvalue weighted by molar-refractivity contribution is 0.523. The van der Waals surface area contributed by atoms with Gasteiger partial charge < -0.3 is 0 Å². The zero-order valence-electron chi connectivity index (χ0n) is 10.5. The highest BCUT2D eigenvalue weighted by atomic mass is 32.1. The average Bonchev–Trinajstić information content (AvgIpc) is 2.92. The van der Waals surface area contributed by atoms with E-state index in [1.54, 1.807) is 40.6 Å². The van der Waals surface area contributed by atoms with Crippen molar-refractivity contribution in [1.29, 1.82) is 0 Å². The molecule has 0 N–H and O–H groups in total. The first-order chi connectivity index (χ1) is 9.25. The van der Waals surface area contributed by atoms with E-state index in [0.717, 1.165) is 6.42 Å². The van der Waals surface area contributed by atoms with Crippen molar-refractivity contribution in [3.63, 3.8) is 0 Å². The van der Waals surface area contributed by atoms with E-state index in [1.165, 1.54) is 5.56 Å². The van der Waals surface area contributed by atoms with Crippen LogP contribution < -0.4 is 5.56 Å². The maximum absolute atomic E-state index is 12.4. The summed E-state index contributed by atoms with van der Waals surface area (Å²) in [7, 11) is 0. The summed E-state index contributed by atoms with van der Waals surface area (Å²) in [6.07, 6.45) is 4.06. The van der Waals surface area contributed by atoms with E-state index in [1.807, 2.05) is 12.3 Å². The van der Waals surface area contributed by atoms with Crippen molar-refractivity contribution in [2.45, 2.75) is 19.4 Å². The third kappa shape index (κ3) is 2.29. The molecule has 0 unspecified atom stereocenters. The van der Waals surface area contributed by atoms with Crippen molar-refractivity contribution < 1.29 is 0 Å². The third-order valence-corrected chi connectivity index (χ3v) is 3.86. The summed E-state index contributed by atoms with van der Waals surface area (Å²) in [6, 6.07) is 5.74. The van der Waals surface area contributed by atoms with E-state index in [-0.39, 0.29) is 11.6 Å². The van der Waals surface area contributed by atoms with Gasteiger partial charge in [0, 0.05) is 12.2 Å². The van der Waals surface area contributed by atoms with Gasteiger partial charge in [0.2, 0.25) is 0 Å². The predicted octanol–water partition coefficient (Wildman–Crippen LogP) is 2.66. The van der Waals surface area contributed by atoms with Crippen LogP contribution in [0, 0.1) is 0 Å². The molecule has 0 aliphatic rings. The summed E-state index contributed by atoms with van der Waals surface area (Å²) in [6.45, 7) is 2.02. The Morgan fingerprint density at radius 1 is 1.37 bits per heavy atom. The van der Waals surface area contributed by atoms with Crippen molar-refractivity contribution in [3.8, 4) is 0 Å². The van der Waals surface area contributed by atoms with Gasteiger partial charge >= 0.3 is 0 Å². The van der Waals surface area contributed by atoms with Crippen molar-refractivity contribution >= 4 is 22.4 Å². The van der Waals surface area contributed by atoms with Crippen LogP contribution in [-0.4, -0.2) is 14.5 Å². The van der Waals surface area contributed by atoms with Crippen LogP contribution in [0.25, 0.3) is 11.0 Å². The Bertz CT molecular complexity index is 749. The van der Waals surface area contributed by atoms with Crippen LogP contribution in [0.4, 0.5) is 0 Å². The molecule has 0 radical (unpaired) electrons. The van der Waals surface area contributed by atoms with Crippen LogP contribution in [-0.2, 0) is 6.42 Å². The largest absolute Gasteiger partial charge is 0.294 e. The Morgan fingerprint density at radius 3 is 3.05 bits per heavy atom. The van der Waals surface area contributed by atoms with Crippen molar-refractivity contribution in [3.05, 3.63) is 57.4 Å². The standard InChI is InChI=1S/C14H13N3OS/c1-10(7-11-4-6-19-8-11)17-9-16-12-3-2-5-15-13(12)14(17)18/h2-6,8-10H,7H2,1H3/t10-/m0/s1. The Labute approximate surface area is 114 Å². The Kier molecular flexibility index (Phi) is 3.13. The van der Waals surface area contributed by atoms with E-state index in [2.05, 4.69) is 21.4 Å². The number of thiophene rings is 1. The molecular weight excluding hydrogens is 258 g/mol. The fourth-order valence-electron chi connectivity index (χ4n) is 2.13. The molecule has 0 fully saturated rings. The second kappa shape index (κ2) is 4.93. The third-order valence-electron chi connectivity index (χ3n) is 3.13. The summed E-state index contributed by atoms with van der Waals surface area (Å²) in [4.78, 5) is 20.8. The topological polar surface area (TPSA) is 47.8 Å². The smallest absolute Gasteiger partial charge is 0.280 e. The lowest BCUT2D eigenvalue weighted by Gasteiger charge is -2.14. The van der Waals surface area contributed by atoms with Crippen LogP contribution in [0.3, 0.4) is 0 Å². The molecule has 3 aromatic rings. The number of fused-ring (bicyclic) bond motifs is 1. The molecule has 4 nitrogen and oxygen atoms in total. The van der Waals surface area contributed by atoms with Gasteiger partial charge in [-0.1, -0.05) is 0 Å². The van der Waals surface area contributed by atoms with E-state index < -0.39 is 0 Å². The second-order valence-corrected chi connectivity index (χ2v) is 5.29. The fourth-order valence-corrected chi connectivity index (χ4v) is 2.81. The van der Waals surface area contributed by atoms with E-state index in [9.17, 15) is 4.79 Å². The van der Waals surface area contributed by atoms with Crippen LogP contribution in [0.2, 0.25) is 0 Å². The maximum Gasteiger partial charge on any atom is 0.280 e. The Morgan fingerprint density at radius 2 is 2.26 bits per heavy atom. The molecule has 0 amide bonds. The molecule has 3 aromatic heterocycles. The fraction of sp³-hybridized carbons (Fsp3) is 0.214. The van der Waals surface area contributed by atoms with Gasteiger partial charge in [-0.2, -0.15) is 11.3 Å². The first kappa shape index (κ1) is 12.0. The van der Waals surface area contributed by atoms with Gasteiger partial charge in [-0.25, -0.2) is 9.97 Å². The second-order valence-electron chi connectivity index (χ2n) is 4.51. The molecule has 3 rings (SSSR count). The number of pyridine rings is 1. The monoisotopic (exact) mass is 271 g/mol. The van der Waals surface area contributed by atoms with Gasteiger partial charge in [0.05, 0.1) is 11.8 Å². The van der Waals surface area contributed by atoms with Gasteiger partial charge in [0.25, 0.3) is 5.56 Å². The molecular formula is C14H13N3OS. The predicted molar refractivity (Wildman–Crippen MR) is 76.5 cm³/mol. The summed E-state index contributed by atoms with van der Waals surface area (Å²) >= 11 is 1.67. The van der Waals surface area contributed by atoms with Gasteiger partial charge in [-0.15, -0.1) is 0 Å². The highest BCUT2D eigenvalue weighted by molar-refractivity contribution is 7.07. The number of hydrogen-bond acceptors (Lipinski definition) is 4. The summed E-state index contributed by atoms with van der Waals surface area (Å²) < 4.78 is 1.66. The van der Waals surface area contributed by atoms with Crippen LogP contribution in [0.15, 0.2) is 46.3 Å². The van der Waals surface area contributed by atoms with Crippen molar-refractivity contribution in [2.75, 3.05) is 0 Å². The van der Waals surface area contributed by atoms with Crippen LogP contribution in [0.5, 0.6) is 0 Å². The lowest BCUT2D eigenvalue weighted by atomic mass is 10.1. The molecule has 96 valence electrons. The van der Waals surface area contributed by atoms with E-state index in [0.29, 0.717) is 11.0 Å². The quantitative estimate of drug-likeness (QED) is 0.735. The summed E-state index contributed by atoms with van der Waals surface area (Å²) in [5.74, 6) is 0. The number of aromatic nitrogens is 3. The van der Waals surface area contributed by atoms with E-state index in [4.69, 9.17) is 0 Å². The average molecular weight is 271 g/mol. The molecule has 0 aliphatic heterocycles. The minimum Gasteiger partial charge on any atom is -0.294 e. The SMILES string of the molecule is C[C@@H](Cc1ccsc1)n1cnc2cccnc2c1=O. The molecule has 19 heavy (non-hydrogen) atoms. The Hall–Kier alpha value is -2.01.